The molecule has 2 heterocycles. The Bertz CT molecular complexity index is 287. The fourth-order valence-electron chi connectivity index (χ4n) is 1.17. The molecule has 1 aromatic heterocycles. The number of fused-ring (bicyclic) bond motifs is 1. The molecule has 0 amide bonds. The van der Waals surface area contributed by atoms with E-state index in [1.165, 1.54) is 9.90 Å². The Morgan fingerprint density at radius 3 is 3.33 bits per heavy atom. The lowest BCUT2D eigenvalue weighted by Gasteiger charge is -2.27. The number of rotatable bonds is 1. The molecule has 1 aliphatic rings. The van der Waals surface area contributed by atoms with E-state index in [0.717, 1.165) is 17.5 Å². The number of hydrogen-bond acceptors (Lipinski definition) is 4. The van der Waals surface area contributed by atoms with Crippen molar-refractivity contribution in [1.29, 1.82) is 0 Å². The molecule has 1 aromatic rings. The first-order chi connectivity index (χ1) is 5.81. The van der Waals surface area contributed by atoms with E-state index < -0.39 is 0 Å². The molecule has 0 bridgehead atoms. The number of thiophene rings is 1. The van der Waals surface area contributed by atoms with Gasteiger partial charge in [-0.15, -0.1) is 11.3 Å². The molecule has 66 valence electrons. The molecule has 0 fully saturated rings. The monoisotopic (exact) mass is 220 g/mol. The van der Waals surface area contributed by atoms with Gasteiger partial charge in [0, 0.05) is 6.54 Å². The first-order valence-electron chi connectivity index (χ1n) is 3.75. The minimum absolute atomic E-state index is 0.870. The van der Waals surface area contributed by atoms with Crippen molar-refractivity contribution in [2.24, 2.45) is 0 Å². The fourth-order valence-corrected chi connectivity index (χ4v) is 3.54. The lowest BCUT2D eigenvalue weighted by Crippen LogP contribution is -2.33. The van der Waals surface area contributed by atoms with Gasteiger partial charge in [-0.2, -0.15) is 0 Å². The van der Waals surface area contributed by atoms with E-state index in [-0.39, 0.29) is 0 Å². The molecular formula is C7H9ClN2S2. The molecule has 0 saturated heterocycles. The van der Waals surface area contributed by atoms with Crippen molar-refractivity contribution in [3.8, 4) is 0 Å². The molecule has 2 rings (SSSR count). The van der Waals surface area contributed by atoms with Crippen LogP contribution in [0.4, 0.5) is 5.69 Å². The zero-order chi connectivity index (χ0) is 8.55. The average molecular weight is 221 g/mol. The molecule has 5 heteroatoms. The largest absolute Gasteiger partial charge is 0.357 e. The Labute approximate surface area is 85.0 Å². The standard InChI is InChI=1S/C7H9ClN2S2/c1-2-10-4-9-12-7-5(10)3-6(8)11-7/h3,9H,2,4H2,1H3. The van der Waals surface area contributed by atoms with Crippen molar-refractivity contribution in [3.05, 3.63) is 10.4 Å². The Morgan fingerprint density at radius 2 is 2.58 bits per heavy atom. The molecular weight excluding hydrogens is 212 g/mol. The van der Waals surface area contributed by atoms with Crippen LogP contribution in [0.5, 0.6) is 0 Å². The van der Waals surface area contributed by atoms with Gasteiger partial charge in [0.15, 0.2) is 0 Å². The van der Waals surface area contributed by atoms with Crippen LogP contribution in [-0.4, -0.2) is 13.2 Å². The quantitative estimate of drug-likeness (QED) is 0.733. The Kier molecular flexibility index (Phi) is 2.50. The van der Waals surface area contributed by atoms with Crippen LogP contribution in [0.1, 0.15) is 6.92 Å². The van der Waals surface area contributed by atoms with Crippen molar-refractivity contribution < 1.29 is 0 Å². The van der Waals surface area contributed by atoms with E-state index in [1.54, 1.807) is 23.3 Å². The van der Waals surface area contributed by atoms with E-state index in [4.69, 9.17) is 11.6 Å². The SMILES string of the molecule is CCN1CNSc2sc(Cl)cc21. The normalized spacial score (nSPS) is 16.3. The average Bonchev–Trinajstić information content (AvgIpc) is 2.44. The second kappa shape index (κ2) is 3.46. The smallest absolute Gasteiger partial charge is 0.100 e. The van der Waals surface area contributed by atoms with E-state index in [9.17, 15) is 0 Å². The second-order valence-corrected chi connectivity index (χ2v) is 5.33. The number of halogens is 1. The third-order valence-electron chi connectivity index (χ3n) is 1.79. The van der Waals surface area contributed by atoms with Gasteiger partial charge in [-0.05, 0) is 24.9 Å². The number of hydrogen-bond donors (Lipinski definition) is 1. The van der Waals surface area contributed by atoms with Gasteiger partial charge in [-0.3, -0.25) is 0 Å². The van der Waals surface area contributed by atoms with Crippen LogP contribution in [0.3, 0.4) is 0 Å². The van der Waals surface area contributed by atoms with Crippen LogP contribution < -0.4 is 9.62 Å². The lowest BCUT2D eigenvalue weighted by atomic mass is 10.4. The topological polar surface area (TPSA) is 15.3 Å². The summed E-state index contributed by atoms with van der Waals surface area (Å²) in [6.45, 7) is 4.07. The third-order valence-corrected chi connectivity index (χ3v) is 4.01. The van der Waals surface area contributed by atoms with E-state index >= 15 is 0 Å². The molecule has 0 radical (unpaired) electrons. The van der Waals surface area contributed by atoms with Crippen LogP contribution in [0, 0.1) is 0 Å². The molecule has 1 aliphatic heterocycles. The lowest BCUT2D eigenvalue weighted by molar-refractivity contribution is 0.791. The zero-order valence-corrected chi connectivity index (χ0v) is 9.02. The summed E-state index contributed by atoms with van der Waals surface area (Å²) in [4.78, 5) is 2.27. The van der Waals surface area contributed by atoms with Crippen LogP contribution in [0.2, 0.25) is 4.34 Å². The molecule has 0 unspecified atom stereocenters. The molecule has 1 N–H and O–H groups in total. The van der Waals surface area contributed by atoms with Crippen molar-refractivity contribution in [3.63, 3.8) is 0 Å². The summed E-state index contributed by atoms with van der Waals surface area (Å²) in [7, 11) is 0. The Morgan fingerprint density at radius 1 is 1.75 bits per heavy atom. The maximum atomic E-state index is 5.92. The third kappa shape index (κ3) is 1.44. The molecule has 0 atom stereocenters. The van der Waals surface area contributed by atoms with E-state index in [1.807, 2.05) is 6.07 Å². The van der Waals surface area contributed by atoms with Crippen LogP contribution in [0.15, 0.2) is 10.3 Å². The van der Waals surface area contributed by atoms with Crippen molar-refractivity contribution in [2.75, 3.05) is 18.1 Å². The maximum absolute atomic E-state index is 5.92. The van der Waals surface area contributed by atoms with Crippen molar-refractivity contribution in [2.45, 2.75) is 11.1 Å². The highest BCUT2D eigenvalue weighted by Gasteiger charge is 2.18. The van der Waals surface area contributed by atoms with Crippen molar-refractivity contribution >= 4 is 40.6 Å². The number of nitrogens with zero attached hydrogens (tertiary/aromatic N) is 1. The summed E-state index contributed by atoms with van der Waals surface area (Å²) in [5.74, 6) is 0. The zero-order valence-electron chi connectivity index (χ0n) is 6.63. The predicted octanol–water partition coefficient (Wildman–Crippen LogP) is 2.80. The maximum Gasteiger partial charge on any atom is 0.100 e. The Balaban J connectivity index is 2.36. The molecule has 0 spiro atoms. The molecule has 0 aliphatic carbocycles. The molecule has 2 nitrogen and oxygen atoms in total. The summed E-state index contributed by atoms with van der Waals surface area (Å²) in [5, 5.41) is 0. The summed E-state index contributed by atoms with van der Waals surface area (Å²) < 4.78 is 5.39. The Hall–Kier alpha value is 0.1000. The predicted molar refractivity (Wildman–Crippen MR) is 56.2 cm³/mol. The minimum atomic E-state index is 0.870. The highest BCUT2D eigenvalue weighted by atomic mass is 35.5. The molecule has 0 saturated carbocycles. The van der Waals surface area contributed by atoms with Gasteiger partial charge >= 0.3 is 0 Å². The minimum Gasteiger partial charge on any atom is -0.357 e. The number of nitrogens with one attached hydrogen (secondary N) is 1. The van der Waals surface area contributed by atoms with E-state index in [2.05, 4.69) is 16.5 Å². The van der Waals surface area contributed by atoms with Crippen LogP contribution >= 0.6 is 34.9 Å². The van der Waals surface area contributed by atoms with E-state index in [0.29, 0.717) is 0 Å². The first kappa shape index (κ1) is 8.69. The van der Waals surface area contributed by atoms with Gasteiger partial charge in [0.05, 0.1) is 16.7 Å². The van der Waals surface area contributed by atoms with Gasteiger partial charge in [0.1, 0.15) is 4.21 Å². The van der Waals surface area contributed by atoms with Crippen molar-refractivity contribution in [1.82, 2.24) is 4.72 Å². The highest BCUT2D eigenvalue weighted by Crippen LogP contribution is 2.41. The van der Waals surface area contributed by atoms with Crippen LogP contribution in [-0.2, 0) is 0 Å². The van der Waals surface area contributed by atoms with Gasteiger partial charge in [0.25, 0.3) is 0 Å². The molecule has 12 heavy (non-hydrogen) atoms. The summed E-state index contributed by atoms with van der Waals surface area (Å²) >= 11 is 9.23. The van der Waals surface area contributed by atoms with Crippen LogP contribution in [0.25, 0.3) is 0 Å². The summed E-state index contributed by atoms with van der Waals surface area (Å²) in [6, 6.07) is 2.04. The fraction of sp³-hybridized carbons (Fsp3) is 0.429. The highest BCUT2D eigenvalue weighted by molar-refractivity contribution is 7.99. The molecule has 0 aromatic carbocycles. The van der Waals surface area contributed by atoms with Gasteiger partial charge in [-0.1, -0.05) is 11.6 Å². The first-order valence-corrected chi connectivity index (χ1v) is 5.76. The number of anilines is 1. The van der Waals surface area contributed by atoms with Gasteiger partial charge in [0.2, 0.25) is 0 Å². The van der Waals surface area contributed by atoms with Gasteiger partial charge in [-0.25, -0.2) is 4.72 Å². The summed E-state index contributed by atoms with van der Waals surface area (Å²) in [5.41, 5.74) is 1.27. The van der Waals surface area contributed by atoms with Gasteiger partial charge < -0.3 is 4.90 Å². The second-order valence-electron chi connectivity index (χ2n) is 2.48. The summed E-state index contributed by atoms with van der Waals surface area (Å²) in [6.07, 6.45) is 0.